The van der Waals surface area contributed by atoms with Crippen LogP contribution in [-0.4, -0.2) is 4.98 Å². The maximum absolute atomic E-state index is 12.8. The molecule has 1 rings (SSSR count). The molecule has 0 aromatic carbocycles. The molecule has 0 radical (unpaired) electrons. The fraction of sp³-hybridized carbons (Fsp3) is 0.250. The average Bonchev–Trinajstić information content (AvgIpc) is 2.04. The summed E-state index contributed by atoms with van der Waals surface area (Å²) >= 11 is 0. The van der Waals surface area contributed by atoms with Crippen molar-refractivity contribution in [1.82, 2.24) is 4.98 Å². The highest BCUT2D eigenvalue weighted by molar-refractivity contribution is 5.18. The summed E-state index contributed by atoms with van der Waals surface area (Å²) in [4.78, 5) is 6.79. The van der Waals surface area contributed by atoms with E-state index in [4.69, 9.17) is 6.57 Å². The van der Waals surface area contributed by atoms with Crippen LogP contribution >= 0.6 is 0 Å². The molecule has 1 aromatic heterocycles. The normalized spacial score (nSPS) is 12.1. The van der Waals surface area contributed by atoms with Gasteiger partial charge >= 0.3 is 0 Å². The molecule has 1 unspecified atom stereocenters. The van der Waals surface area contributed by atoms with Crippen LogP contribution in [0.25, 0.3) is 4.85 Å². The van der Waals surface area contributed by atoms with Crippen LogP contribution in [0.5, 0.6) is 0 Å². The first kappa shape index (κ1) is 7.67. The Morgan fingerprint density at radius 3 is 3.00 bits per heavy atom. The SMILES string of the molecule is [C-]#[N+]C(C)c1ccncc1F. The minimum Gasteiger partial charge on any atom is -0.309 e. The molecule has 1 aromatic rings. The van der Waals surface area contributed by atoms with E-state index >= 15 is 0 Å². The maximum atomic E-state index is 12.8. The third kappa shape index (κ3) is 1.53. The molecule has 0 aliphatic rings. The Morgan fingerprint density at radius 1 is 1.73 bits per heavy atom. The first-order valence-corrected chi connectivity index (χ1v) is 3.21. The van der Waals surface area contributed by atoms with E-state index in [1.54, 1.807) is 6.92 Å². The zero-order chi connectivity index (χ0) is 8.27. The summed E-state index contributed by atoms with van der Waals surface area (Å²) in [7, 11) is 0. The second kappa shape index (κ2) is 3.11. The summed E-state index contributed by atoms with van der Waals surface area (Å²) in [6.45, 7) is 8.34. The summed E-state index contributed by atoms with van der Waals surface area (Å²) in [5.74, 6) is -0.406. The number of hydrogen-bond donors (Lipinski definition) is 0. The highest BCUT2D eigenvalue weighted by Crippen LogP contribution is 2.17. The van der Waals surface area contributed by atoms with Gasteiger partial charge in [0.2, 0.25) is 6.04 Å². The van der Waals surface area contributed by atoms with Crippen LogP contribution in [-0.2, 0) is 0 Å². The van der Waals surface area contributed by atoms with Crippen LogP contribution in [0.2, 0.25) is 0 Å². The van der Waals surface area contributed by atoms with Crippen LogP contribution in [0.4, 0.5) is 4.39 Å². The van der Waals surface area contributed by atoms with E-state index in [-0.39, 0.29) is 0 Å². The van der Waals surface area contributed by atoms with Crippen molar-refractivity contribution in [3.8, 4) is 0 Å². The first-order valence-electron chi connectivity index (χ1n) is 3.21. The average molecular weight is 150 g/mol. The molecule has 1 heterocycles. The van der Waals surface area contributed by atoms with Crippen molar-refractivity contribution in [2.24, 2.45) is 0 Å². The number of halogens is 1. The second-order valence-corrected chi connectivity index (χ2v) is 2.20. The van der Waals surface area contributed by atoms with Gasteiger partial charge in [0.25, 0.3) is 0 Å². The zero-order valence-corrected chi connectivity index (χ0v) is 6.08. The Kier molecular flexibility index (Phi) is 2.17. The van der Waals surface area contributed by atoms with Gasteiger partial charge in [0.05, 0.1) is 11.8 Å². The van der Waals surface area contributed by atoms with Gasteiger partial charge in [-0.1, -0.05) is 0 Å². The van der Waals surface area contributed by atoms with Crippen molar-refractivity contribution in [3.05, 3.63) is 41.3 Å². The van der Waals surface area contributed by atoms with Crippen molar-refractivity contribution in [3.63, 3.8) is 0 Å². The van der Waals surface area contributed by atoms with Crippen LogP contribution in [0.3, 0.4) is 0 Å². The van der Waals surface area contributed by atoms with E-state index in [1.807, 2.05) is 0 Å². The van der Waals surface area contributed by atoms with Crippen LogP contribution in [0.15, 0.2) is 18.5 Å². The van der Waals surface area contributed by atoms with Crippen LogP contribution in [0, 0.1) is 12.4 Å². The third-order valence-electron chi connectivity index (χ3n) is 1.45. The van der Waals surface area contributed by atoms with Gasteiger partial charge in [0.1, 0.15) is 0 Å². The van der Waals surface area contributed by atoms with Gasteiger partial charge in [0, 0.05) is 13.1 Å². The van der Waals surface area contributed by atoms with Crippen molar-refractivity contribution >= 4 is 0 Å². The lowest BCUT2D eigenvalue weighted by Gasteiger charge is -1.98. The second-order valence-electron chi connectivity index (χ2n) is 2.20. The van der Waals surface area contributed by atoms with Crippen LogP contribution in [0.1, 0.15) is 18.5 Å². The molecule has 0 spiro atoms. The van der Waals surface area contributed by atoms with Gasteiger partial charge in [-0.15, -0.1) is 0 Å². The maximum Gasteiger partial charge on any atom is 0.248 e. The van der Waals surface area contributed by atoms with Gasteiger partial charge in [-0.25, -0.2) is 11.0 Å². The Morgan fingerprint density at radius 2 is 2.45 bits per heavy atom. The summed E-state index contributed by atoms with van der Waals surface area (Å²) in [5, 5.41) is 0. The molecular formula is C8H7FN2. The molecule has 11 heavy (non-hydrogen) atoms. The van der Waals surface area contributed by atoms with E-state index in [2.05, 4.69) is 9.83 Å². The zero-order valence-electron chi connectivity index (χ0n) is 6.08. The summed E-state index contributed by atoms with van der Waals surface area (Å²) < 4.78 is 12.8. The quantitative estimate of drug-likeness (QED) is 0.561. The lowest BCUT2D eigenvalue weighted by atomic mass is 10.1. The molecule has 0 saturated heterocycles. The Hall–Kier alpha value is -1.43. The molecule has 0 saturated carbocycles. The van der Waals surface area contributed by atoms with Gasteiger partial charge in [-0.2, -0.15) is 0 Å². The Bertz CT molecular complexity index is 290. The van der Waals surface area contributed by atoms with Crippen molar-refractivity contribution in [1.29, 1.82) is 0 Å². The molecule has 0 bridgehead atoms. The summed E-state index contributed by atoms with van der Waals surface area (Å²) in [6.07, 6.45) is 2.61. The standard InChI is InChI=1S/C8H7FN2/c1-6(10-2)7-3-4-11-5-8(7)9/h3-6H,1H3. The lowest BCUT2D eigenvalue weighted by Crippen LogP contribution is -1.92. The number of rotatable bonds is 1. The Balaban J connectivity index is 3.05. The van der Waals surface area contributed by atoms with Gasteiger partial charge in [0.15, 0.2) is 5.82 Å². The molecule has 0 N–H and O–H groups in total. The summed E-state index contributed by atoms with van der Waals surface area (Å²) in [5.41, 5.74) is 0.412. The molecule has 0 aliphatic carbocycles. The molecule has 3 heteroatoms. The largest absolute Gasteiger partial charge is 0.309 e. The van der Waals surface area contributed by atoms with Gasteiger partial charge in [-0.3, -0.25) is 4.98 Å². The predicted octanol–water partition coefficient (Wildman–Crippen LogP) is 2.20. The fourth-order valence-electron chi connectivity index (χ4n) is 0.794. The van der Waals surface area contributed by atoms with Crippen LogP contribution < -0.4 is 0 Å². The molecule has 0 aliphatic heterocycles. The minimum atomic E-state index is -0.419. The van der Waals surface area contributed by atoms with Gasteiger partial charge in [-0.05, 0) is 6.07 Å². The smallest absolute Gasteiger partial charge is 0.248 e. The third-order valence-corrected chi connectivity index (χ3v) is 1.45. The number of nitrogens with zero attached hydrogens (tertiary/aromatic N) is 2. The first-order chi connectivity index (χ1) is 5.25. The van der Waals surface area contributed by atoms with Crippen molar-refractivity contribution in [2.75, 3.05) is 0 Å². The van der Waals surface area contributed by atoms with E-state index in [1.165, 1.54) is 12.3 Å². The lowest BCUT2D eigenvalue weighted by molar-refractivity contribution is 0.598. The molecule has 0 amide bonds. The monoisotopic (exact) mass is 150 g/mol. The minimum absolute atomic E-state index is 0.406. The van der Waals surface area contributed by atoms with E-state index in [9.17, 15) is 4.39 Å². The topological polar surface area (TPSA) is 17.2 Å². The summed E-state index contributed by atoms with van der Waals surface area (Å²) in [6, 6.07) is 1.11. The van der Waals surface area contributed by atoms with Crippen molar-refractivity contribution in [2.45, 2.75) is 13.0 Å². The molecule has 2 nitrogen and oxygen atoms in total. The fourth-order valence-corrected chi connectivity index (χ4v) is 0.794. The Labute approximate surface area is 64.5 Å². The number of aromatic nitrogens is 1. The highest BCUT2D eigenvalue weighted by atomic mass is 19.1. The molecule has 56 valence electrons. The molecular weight excluding hydrogens is 143 g/mol. The van der Waals surface area contributed by atoms with E-state index in [0.29, 0.717) is 5.56 Å². The highest BCUT2D eigenvalue weighted by Gasteiger charge is 2.12. The number of pyridine rings is 1. The molecule has 1 atom stereocenters. The van der Waals surface area contributed by atoms with E-state index < -0.39 is 11.9 Å². The predicted molar refractivity (Wildman–Crippen MR) is 39.2 cm³/mol. The van der Waals surface area contributed by atoms with Crippen molar-refractivity contribution < 1.29 is 4.39 Å². The molecule has 0 fully saturated rings. The van der Waals surface area contributed by atoms with E-state index in [0.717, 1.165) is 6.20 Å². The van der Waals surface area contributed by atoms with Gasteiger partial charge < -0.3 is 4.85 Å². The number of hydrogen-bond acceptors (Lipinski definition) is 1.